The molecular formula is C14H15ClO3. The fourth-order valence-corrected chi connectivity index (χ4v) is 3.16. The van der Waals surface area contributed by atoms with Gasteiger partial charge in [-0.1, -0.05) is 11.6 Å². The maximum absolute atomic E-state index is 11.9. The maximum atomic E-state index is 11.9. The number of ether oxygens (including phenoxy) is 2. The van der Waals surface area contributed by atoms with E-state index in [-0.39, 0.29) is 18.0 Å². The van der Waals surface area contributed by atoms with Gasteiger partial charge in [0.2, 0.25) is 0 Å². The van der Waals surface area contributed by atoms with Crippen molar-refractivity contribution in [3.8, 4) is 11.5 Å². The average Bonchev–Trinajstić information content (AvgIpc) is 2.81. The summed E-state index contributed by atoms with van der Waals surface area (Å²) in [5, 5.41) is 0.624. The van der Waals surface area contributed by atoms with Gasteiger partial charge in [0.25, 0.3) is 0 Å². The number of fused-ring (bicyclic) bond motifs is 2. The Balaban J connectivity index is 2.29. The van der Waals surface area contributed by atoms with Gasteiger partial charge in [0.05, 0.1) is 10.6 Å². The number of benzene rings is 1. The van der Waals surface area contributed by atoms with Crippen LogP contribution in [0.5, 0.6) is 11.5 Å². The molecular weight excluding hydrogens is 252 g/mol. The van der Waals surface area contributed by atoms with Gasteiger partial charge >= 0.3 is 0 Å². The Morgan fingerprint density at radius 2 is 1.67 bits per heavy atom. The van der Waals surface area contributed by atoms with E-state index >= 15 is 0 Å². The van der Waals surface area contributed by atoms with E-state index < -0.39 is 0 Å². The Labute approximate surface area is 111 Å². The summed E-state index contributed by atoms with van der Waals surface area (Å²) in [5.74, 6) is 1.38. The number of hydrogen-bond acceptors (Lipinski definition) is 3. The molecule has 0 saturated carbocycles. The summed E-state index contributed by atoms with van der Waals surface area (Å²) in [6, 6.07) is 0. The van der Waals surface area contributed by atoms with Crippen molar-refractivity contribution in [1.29, 1.82) is 0 Å². The first-order valence-electron chi connectivity index (χ1n) is 6.20. The van der Waals surface area contributed by atoms with Crippen LogP contribution in [0.15, 0.2) is 0 Å². The second kappa shape index (κ2) is 3.89. The minimum Gasteiger partial charge on any atom is -0.489 e. The molecule has 0 spiro atoms. The van der Waals surface area contributed by atoms with Crippen LogP contribution in [-0.2, 0) is 12.8 Å². The molecule has 1 aromatic rings. The van der Waals surface area contributed by atoms with E-state index in [4.69, 9.17) is 21.1 Å². The second-order valence-corrected chi connectivity index (χ2v) is 5.50. The Bertz CT molecular complexity index is 511. The van der Waals surface area contributed by atoms with Gasteiger partial charge in [-0.2, -0.15) is 0 Å². The van der Waals surface area contributed by atoms with Crippen LogP contribution in [0.2, 0.25) is 5.02 Å². The van der Waals surface area contributed by atoms with Gasteiger partial charge in [0.15, 0.2) is 5.78 Å². The first-order valence-corrected chi connectivity index (χ1v) is 6.58. The van der Waals surface area contributed by atoms with Crippen molar-refractivity contribution in [3.63, 3.8) is 0 Å². The van der Waals surface area contributed by atoms with E-state index in [1.807, 2.05) is 13.8 Å². The van der Waals surface area contributed by atoms with E-state index in [0.29, 0.717) is 22.1 Å². The number of ketones is 1. The molecule has 2 aliphatic heterocycles. The first kappa shape index (κ1) is 11.8. The molecule has 4 heteroatoms. The van der Waals surface area contributed by atoms with Crippen molar-refractivity contribution in [2.75, 3.05) is 0 Å². The monoisotopic (exact) mass is 266 g/mol. The van der Waals surface area contributed by atoms with Crippen LogP contribution >= 0.6 is 11.6 Å². The van der Waals surface area contributed by atoms with Crippen LogP contribution < -0.4 is 9.47 Å². The SMILES string of the molecule is CC(=O)c1c2c(c(Cl)c3c1OC(C)C3)OC(C)C2. The zero-order chi connectivity index (χ0) is 13.0. The molecule has 0 radical (unpaired) electrons. The molecule has 3 nitrogen and oxygen atoms in total. The molecule has 0 fully saturated rings. The van der Waals surface area contributed by atoms with Gasteiger partial charge in [-0.25, -0.2) is 0 Å². The van der Waals surface area contributed by atoms with Crippen molar-refractivity contribution in [1.82, 2.24) is 0 Å². The third kappa shape index (κ3) is 1.53. The van der Waals surface area contributed by atoms with Crippen LogP contribution in [0.4, 0.5) is 0 Å². The van der Waals surface area contributed by atoms with Gasteiger partial charge in [-0.3, -0.25) is 4.79 Å². The lowest BCUT2D eigenvalue weighted by Gasteiger charge is -2.12. The van der Waals surface area contributed by atoms with Gasteiger partial charge in [0, 0.05) is 24.0 Å². The lowest BCUT2D eigenvalue weighted by atomic mass is 9.95. The Morgan fingerprint density at radius 3 is 2.28 bits per heavy atom. The Hall–Kier alpha value is -1.22. The van der Waals surface area contributed by atoms with Gasteiger partial charge < -0.3 is 9.47 Å². The average molecular weight is 267 g/mol. The van der Waals surface area contributed by atoms with Crippen molar-refractivity contribution < 1.29 is 14.3 Å². The van der Waals surface area contributed by atoms with E-state index in [1.54, 1.807) is 6.92 Å². The molecule has 0 aromatic heterocycles. The highest BCUT2D eigenvalue weighted by Crippen LogP contribution is 2.49. The predicted molar refractivity (Wildman–Crippen MR) is 69.0 cm³/mol. The van der Waals surface area contributed by atoms with Crippen LogP contribution in [0.1, 0.15) is 42.3 Å². The van der Waals surface area contributed by atoms with Crippen LogP contribution in [-0.4, -0.2) is 18.0 Å². The first-order chi connectivity index (χ1) is 8.49. The van der Waals surface area contributed by atoms with Crippen molar-refractivity contribution in [2.45, 2.75) is 45.8 Å². The lowest BCUT2D eigenvalue weighted by Crippen LogP contribution is -2.09. The van der Waals surface area contributed by atoms with Crippen molar-refractivity contribution in [2.24, 2.45) is 0 Å². The van der Waals surface area contributed by atoms with Gasteiger partial charge in [0.1, 0.15) is 23.7 Å². The van der Waals surface area contributed by atoms with E-state index in [9.17, 15) is 4.79 Å². The van der Waals surface area contributed by atoms with Gasteiger partial charge in [-0.15, -0.1) is 0 Å². The highest BCUT2D eigenvalue weighted by atomic mass is 35.5. The molecule has 2 unspecified atom stereocenters. The summed E-state index contributed by atoms with van der Waals surface area (Å²) in [5.41, 5.74) is 2.49. The molecule has 3 rings (SSSR count). The second-order valence-electron chi connectivity index (χ2n) is 5.13. The van der Waals surface area contributed by atoms with E-state index in [2.05, 4.69) is 0 Å². The minimum absolute atomic E-state index is 0.0194. The summed E-state index contributed by atoms with van der Waals surface area (Å²) < 4.78 is 11.5. The third-order valence-corrected chi connectivity index (χ3v) is 3.91. The van der Waals surface area contributed by atoms with Gasteiger partial charge in [-0.05, 0) is 20.8 Å². The Kier molecular flexibility index (Phi) is 2.56. The normalized spacial score (nSPS) is 24.2. The summed E-state index contributed by atoms with van der Waals surface area (Å²) in [6.07, 6.45) is 1.58. The van der Waals surface area contributed by atoms with Crippen LogP contribution in [0, 0.1) is 0 Å². The highest BCUT2D eigenvalue weighted by Gasteiger charge is 2.36. The summed E-state index contributed by atoms with van der Waals surface area (Å²) >= 11 is 6.39. The predicted octanol–water partition coefficient (Wildman–Crippen LogP) is 3.19. The third-order valence-electron chi connectivity index (χ3n) is 3.51. The molecule has 0 aliphatic carbocycles. The number of carbonyl (C=O) groups excluding carboxylic acids is 1. The molecule has 2 aliphatic rings. The minimum atomic E-state index is 0.0194. The smallest absolute Gasteiger partial charge is 0.163 e. The summed E-state index contributed by atoms with van der Waals surface area (Å²) in [4.78, 5) is 11.9. The van der Waals surface area contributed by atoms with Crippen molar-refractivity contribution >= 4 is 17.4 Å². The van der Waals surface area contributed by atoms with E-state index in [0.717, 1.165) is 24.0 Å². The topological polar surface area (TPSA) is 35.5 Å². The molecule has 2 heterocycles. The lowest BCUT2D eigenvalue weighted by molar-refractivity contribution is 0.101. The van der Waals surface area contributed by atoms with Crippen LogP contribution in [0.25, 0.3) is 0 Å². The molecule has 0 bridgehead atoms. The summed E-state index contributed by atoms with van der Waals surface area (Å²) in [6.45, 7) is 5.53. The molecule has 1 aromatic carbocycles. The molecule has 18 heavy (non-hydrogen) atoms. The number of rotatable bonds is 1. The highest BCUT2D eigenvalue weighted by molar-refractivity contribution is 6.33. The standard InChI is InChI=1S/C14H15ClO3/c1-6-4-9-11(8(3)16)13-10(5-7(2)17-13)12(15)14(9)18-6/h6-7H,4-5H2,1-3H3. The quantitative estimate of drug-likeness (QED) is 0.733. The van der Waals surface area contributed by atoms with Crippen LogP contribution in [0.3, 0.4) is 0 Å². The largest absolute Gasteiger partial charge is 0.489 e. The maximum Gasteiger partial charge on any atom is 0.163 e. The Morgan fingerprint density at radius 1 is 1.11 bits per heavy atom. The van der Waals surface area contributed by atoms with E-state index in [1.165, 1.54) is 0 Å². The molecule has 0 N–H and O–H groups in total. The molecule has 0 saturated heterocycles. The fourth-order valence-electron chi connectivity index (χ4n) is 2.83. The summed E-state index contributed by atoms with van der Waals surface area (Å²) in [7, 11) is 0. The zero-order valence-corrected chi connectivity index (χ0v) is 11.4. The number of Topliss-reactive ketones (excluding diaryl/α,β-unsaturated/α-hetero) is 1. The van der Waals surface area contributed by atoms with Crippen molar-refractivity contribution in [3.05, 3.63) is 21.7 Å². The number of carbonyl (C=O) groups is 1. The molecule has 0 amide bonds. The molecule has 2 atom stereocenters. The number of hydrogen-bond donors (Lipinski definition) is 0. The zero-order valence-electron chi connectivity index (χ0n) is 10.7. The molecule has 96 valence electrons. The fraction of sp³-hybridized carbons (Fsp3) is 0.500. The number of halogens is 1.